The topological polar surface area (TPSA) is 62.6 Å². The summed E-state index contributed by atoms with van der Waals surface area (Å²) in [6.07, 6.45) is 1.60. The number of halogens is 1. The van der Waals surface area contributed by atoms with Crippen LogP contribution in [0.4, 0.5) is 10.3 Å². The number of carbonyl (C=O) groups excluding carboxylic acids is 1. The highest BCUT2D eigenvalue weighted by atomic mass is 19.1. The average molecular weight is 466 g/mol. The third kappa shape index (κ3) is 5.23. The van der Waals surface area contributed by atoms with Crippen LogP contribution in [0.5, 0.6) is 0 Å². The Kier molecular flexibility index (Phi) is 7.06. The predicted octanol–water partition coefficient (Wildman–Crippen LogP) is 2.89. The zero-order chi connectivity index (χ0) is 23.3. The summed E-state index contributed by atoms with van der Waals surface area (Å²) in [6, 6.07) is 14.8. The SMILES string of the molecule is O=C(NCCN1CCOCC1)C1CCN(c2nc3ccccc3n2Cc2cccc(F)c2)CC1. The number of morpholine rings is 1. The molecular formula is C26H32FN5O2. The summed E-state index contributed by atoms with van der Waals surface area (Å²) in [5, 5.41) is 3.13. The Balaban J connectivity index is 1.22. The first-order chi connectivity index (χ1) is 16.7. The van der Waals surface area contributed by atoms with E-state index < -0.39 is 0 Å². The molecule has 5 rings (SSSR count). The van der Waals surface area contributed by atoms with E-state index in [4.69, 9.17) is 9.72 Å². The number of imidazole rings is 1. The number of ether oxygens (including phenoxy) is 1. The lowest BCUT2D eigenvalue weighted by Gasteiger charge is -2.32. The second kappa shape index (κ2) is 10.5. The maximum absolute atomic E-state index is 13.8. The number of nitrogens with zero attached hydrogens (tertiary/aromatic N) is 4. The van der Waals surface area contributed by atoms with E-state index in [9.17, 15) is 9.18 Å². The Labute approximate surface area is 199 Å². The van der Waals surface area contributed by atoms with Crippen LogP contribution in [0, 0.1) is 11.7 Å². The number of anilines is 1. The highest BCUT2D eigenvalue weighted by molar-refractivity contribution is 5.80. The molecule has 1 aromatic heterocycles. The molecule has 1 N–H and O–H groups in total. The molecule has 3 aromatic rings. The minimum Gasteiger partial charge on any atom is -0.379 e. The molecule has 2 aliphatic rings. The molecule has 7 nitrogen and oxygen atoms in total. The van der Waals surface area contributed by atoms with Gasteiger partial charge in [0.25, 0.3) is 0 Å². The van der Waals surface area contributed by atoms with Crippen molar-refractivity contribution in [2.45, 2.75) is 19.4 Å². The first-order valence-electron chi connectivity index (χ1n) is 12.2. The fourth-order valence-electron chi connectivity index (χ4n) is 4.93. The van der Waals surface area contributed by atoms with Gasteiger partial charge in [-0.3, -0.25) is 9.69 Å². The summed E-state index contributed by atoms with van der Waals surface area (Å²) < 4.78 is 21.3. The van der Waals surface area contributed by atoms with Crippen molar-refractivity contribution in [3.63, 3.8) is 0 Å². The summed E-state index contributed by atoms with van der Waals surface area (Å²) in [5.74, 6) is 0.837. The van der Waals surface area contributed by atoms with Crippen molar-refractivity contribution in [1.82, 2.24) is 19.8 Å². The minimum absolute atomic E-state index is 0.0296. The van der Waals surface area contributed by atoms with E-state index in [-0.39, 0.29) is 17.6 Å². The lowest BCUT2D eigenvalue weighted by atomic mass is 9.96. The summed E-state index contributed by atoms with van der Waals surface area (Å²) in [7, 11) is 0. The minimum atomic E-state index is -0.232. The number of nitrogens with one attached hydrogen (secondary N) is 1. The van der Waals surface area contributed by atoms with Crippen molar-refractivity contribution < 1.29 is 13.9 Å². The van der Waals surface area contributed by atoms with Gasteiger partial charge in [0.15, 0.2) is 0 Å². The highest BCUT2D eigenvalue weighted by Crippen LogP contribution is 2.28. The second-order valence-electron chi connectivity index (χ2n) is 9.12. The molecule has 2 aromatic carbocycles. The first kappa shape index (κ1) is 22.8. The Hall–Kier alpha value is -2.97. The van der Waals surface area contributed by atoms with E-state index in [0.29, 0.717) is 13.1 Å². The van der Waals surface area contributed by atoms with Crippen LogP contribution in [0.25, 0.3) is 11.0 Å². The van der Waals surface area contributed by atoms with Crippen LogP contribution >= 0.6 is 0 Å². The third-order valence-electron chi connectivity index (χ3n) is 6.84. The number of piperidine rings is 1. The van der Waals surface area contributed by atoms with Gasteiger partial charge in [-0.2, -0.15) is 0 Å². The Morgan fingerprint density at radius 3 is 2.65 bits per heavy atom. The number of para-hydroxylation sites is 2. The van der Waals surface area contributed by atoms with E-state index in [1.807, 2.05) is 24.3 Å². The molecule has 3 heterocycles. The lowest BCUT2D eigenvalue weighted by molar-refractivity contribution is -0.125. The summed E-state index contributed by atoms with van der Waals surface area (Å²) in [4.78, 5) is 22.2. The molecule has 0 aliphatic carbocycles. The van der Waals surface area contributed by atoms with Gasteiger partial charge in [0.05, 0.1) is 30.8 Å². The number of aromatic nitrogens is 2. The van der Waals surface area contributed by atoms with Crippen LogP contribution in [0.3, 0.4) is 0 Å². The number of carbonyl (C=O) groups is 1. The fraction of sp³-hybridized carbons (Fsp3) is 0.462. The van der Waals surface area contributed by atoms with E-state index in [1.54, 1.807) is 12.1 Å². The van der Waals surface area contributed by atoms with Crippen molar-refractivity contribution >= 4 is 22.9 Å². The molecule has 1 amide bonds. The van der Waals surface area contributed by atoms with Crippen LogP contribution in [-0.2, 0) is 16.1 Å². The number of benzene rings is 2. The average Bonchev–Trinajstić information content (AvgIpc) is 3.23. The summed E-state index contributed by atoms with van der Waals surface area (Å²) >= 11 is 0. The van der Waals surface area contributed by atoms with Crippen molar-refractivity contribution in [2.24, 2.45) is 5.92 Å². The Morgan fingerprint density at radius 1 is 1.06 bits per heavy atom. The first-order valence-corrected chi connectivity index (χ1v) is 12.2. The molecule has 34 heavy (non-hydrogen) atoms. The van der Waals surface area contributed by atoms with Gasteiger partial charge in [-0.05, 0) is 42.7 Å². The van der Waals surface area contributed by atoms with Crippen molar-refractivity contribution in [3.05, 3.63) is 59.9 Å². The third-order valence-corrected chi connectivity index (χ3v) is 6.84. The van der Waals surface area contributed by atoms with E-state index >= 15 is 0 Å². The fourth-order valence-corrected chi connectivity index (χ4v) is 4.93. The van der Waals surface area contributed by atoms with Gasteiger partial charge in [0, 0.05) is 45.2 Å². The maximum atomic E-state index is 13.8. The van der Waals surface area contributed by atoms with Crippen LogP contribution in [0.15, 0.2) is 48.5 Å². The monoisotopic (exact) mass is 465 g/mol. The Morgan fingerprint density at radius 2 is 1.85 bits per heavy atom. The predicted molar refractivity (Wildman–Crippen MR) is 130 cm³/mol. The quantitative estimate of drug-likeness (QED) is 0.582. The van der Waals surface area contributed by atoms with Crippen molar-refractivity contribution in [2.75, 3.05) is 57.4 Å². The van der Waals surface area contributed by atoms with E-state index in [2.05, 4.69) is 25.8 Å². The number of hydrogen-bond donors (Lipinski definition) is 1. The summed E-state index contributed by atoms with van der Waals surface area (Å²) in [6.45, 7) is 7.07. The molecule has 0 unspecified atom stereocenters. The molecule has 2 fully saturated rings. The van der Waals surface area contributed by atoms with Crippen LogP contribution in [0.2, 0.25) is 0 Å². The molecule has 0 bridgehead atoms. The van der Waals surface area contributed by atoms with Crippen molar-refractivity contribution in [1.29, 1.82) is 0 Å². The summed E-state index contributed by atoms with van der Waals surface area (Å²) in [5.41, 5.74) is 2.86. The standard InChI is InChI=1S/C26H32FN5O2/c27-22-5-3-4-20(18-22)19-32-24-7-2-1-6-23(24)29-26(32)31-11-8-21(9-12-31)25(33)28-10-13-30-14-16-34-17-15-30/h1-7,18,21H,8-17,19H2,(H,28,33). The molecule has 0 atom stereocenters. The van der Waals surface area contributed by atoms with Crippen LogP contribution in [-0.4, -0.2) is 72.8 Å². The number of hydrogen-bond acceptors (Lipinski definition) is 5. The molecule has 2 aliphatic heterocycles. The Bertz CT molecular complexity index is 1120. The van der Waals surface area contributed by atoms with Gasteiger partial charge in [-0.1, -0.05) is 24.3 Å². The maximum Gasteiger partial charge on any atom is 0.223 e. The van der Waals surface area contributed by atoms with Gasteiger partial charge in [-0.25, -0.2) is 9.37 Å². The zero-order valence-electron chi connectivity index (χ0n) is 19.5. The van der Waals surface area contributed by atoms with Gasteiger partial charge in [0.1, 0.15) is 5.82 Å². The van der Waals surface area contributed by atoms with E-state index in [1.165, 1.54) is 6.07 Å². The molecule has 180 valence electrons. The number of rotatable bonds is 7. The molecule has 0 radical (unpaired) electrons. The van der Waals surface area contributed by atoms with Crippen LogP contribution < -0.4 is 10.2 Å². The lowest BCUT2D eigenvalue weighted by Crippen LogP contribution is -2.44. The van der Waals surface area contributed by atoms with Gasteiger partial charge in [0.2, 0.25) is 11.9 Å². The molecule has 8 heteroatoms. The second-order valence-corrected chi connectivity index (χ2v) is 9.12. The molecule has 2 saturated heterocycles. The van der Waals surface area contributed by atoms with Gasteiger partial charge < -0.3 is 19.5 Å². The largest absolute Gasteiger partial charge is 0.379 e. The zero-order valence-corrected chi connectivity index (χ0v) is 19.5. The van der Waals surface area contributed by atoms with Crippen molar-refractivity contribution in [3.8, 4) is 0 Å². The van der Waals surface area contributed by atoms with Crippen LogP contribution in [0.1, 0.15) is 18.4 Å². The molecule has 0 saturated carbocycles. The van der Waals surface area contributed by atoms with Gasteiger partial charge in [-0.15, -0.1) is 0 Å². The smallest absolute Gasteiger partial charge is 0.223 e. The molecule has 0 spiro atoms. The van der Waals surface area contributed by atoms with E-state index in [0.717, 1.165) is 81.3 Å². The number of fused-ring (bicyclic) bond motifs is 1. The number of amides is 1. The highest BCUT2D eigenvalue weighted by Gasteiger charge is 2.27. The van der Waals surface area contributed by atoms with Gasteiger partial charge >= 0.3 is 0 Å². The molecular weight excluding hydrogens is 433 g/mol. The normalized spacial score (nSPS) is 17.9.